The van der Waals surface area contributed by atoms with Crippen LogP contribution in [0.3, 0.4) is 0 Å². The number of nitrogens with one attached hydrogen (secondary N) is 3. The summed E-state index contributed by atoms with van der Waals surface area (Å²) in [4.78, 5) is 28.7. The molecule has 0 aliphatic carbocycles. The van der Waals surface area contributed by atoms with Crippen molar-refractivity contribution < 1.29 is 18.0 Å². The Morgan fingerprint density at radius 3 is 2.55 bits per heavy atom. The number of hydrogen-bond donors (Lipinski definition) is 3. The van der Waals surface area contributed by atoms with Gasteiger partial charge in [-0.3, -0.25) is 9.59 Å². The molecule has 0 aliphatic heterocycles. The van der Waals surface area contributed by atoms with Crippen molar-refractivity contribution in [2.45, 2.75) is 4.90 Å². The topological polar surface area (TPSA) is 117 Å². The van der Waals surface area contributed by atoms with Gasteiger partial charge in [-0.15, -0.1) is 11.3 Å². The Balaban J connectivity index is 1.58. The Morgan fingerprint density at radius 2 is 1.83 bits per heavy atom. The van der Waals surface area contributed by atoms with Crippen molar-refractivity contribution in [3.8, 4) is 11.3 Å². The molecule has 0 atom stereocenters. The van der Waals surface area contributed by atoms with Gasteiger partial charge >= 0.3 is 0 Å². The first kappa shape index (κ1) is 20.6. The average Bonchev–Trinajstić information content (AvgIpc) is 3.21. The molecule has 0 radical (unpaired) electrons. The third-order valence-corrected chi connectivity index (χ3v) is 6.07. The maximum atomic E-state index is 12.2. The zero-order chi connectivity index (χ0) is 20.9. The van der Waals surface area contributed by atoms with E-state index in [1.807, 2.05) is 35.7 Å². The summed E-state index contributed by atoms with van der Waals surface area (Å²) in [5.74, 6) is -0.997. The largest absolute Gasteiger partial charge is 0.343 e. The van der Waals surface area contributed by atoms with Gasteiger partial charge in [0.25, 0.3) is 5.91 Å². The van der Waals surface area contributed by atoms with Crippen molar-refractivity contribution in [2.24, 2.45) is 0 Å². The van der Waals surface area contributed by atoms with E-state index in [9.17, 15) is 18.0 Å². The summed E-state index contributed by atoms with van der Waals surface area (Å²) in [6.45, 7) is -0.276. The van der Waals surface area contributed by atoms with Gasteiger partial charge in [0.15, 0.2) is 5.13 Å². The SMILES string of the molecule is CNS(=O)(=O)c1cccc(C(=O)NCC(=O)Nc2nc(-c3ccccc3)cs2)c1. The molecule has 3 aromatic rings. The highest BCUT2D eigenvalue weighted by Crippen LogP contribution is 2.24. The summed E-state index contributed by atoms with van der Waals surface area (Å²) >= 11 is 1.28. The Kier molecular flexibility index (Phi) is 6.37. The van der Waals surface area contributed by atoms with E-state index in [-0.39, 0.29) is 17.0 Å². The van der Waals surface area contributed by atoms with Crippen molar-refractivity contribution in [2.75, 3.05) is 18.9 Å². The lowest BCUT2D eigenvalue weighted by atomic mass is 10.2. The van der Waals surface area contributed by atoms with Gasteiger partial charge < -0.3 is 10.6 Å². The highest BCUT2D eigenvalue weighted by atomic mass is 32.2. The van der Waals surface area contributed by atoms with Gasteiger partial charge in [-0.25, -0.2) is 18.1 Å². The van der Waals surface area contributed by atoms with E-state index in [1.165, 1.54) is 42.6 Å². The lowest BCUT2D eigenvalue weighted by Gasteiger charge is -2.07. The van der Waals surface area contributed by atoms with E-state index in [1.54, 1.807) is 0 Å². The van der Waals surface area contributed by atoms with Crippen molar-refractivity contribution >= 4 is 38.3 Å². The molecule has 2 amide bonds. The quantitative estimate of drug-likeness (QED) is 0.531. The van der Waals surface area contributed by atoms with Crippen LogP contribution < -0.4 is 15.4 Å². The minimum atomic E-state index is -3.66. The van der Waals surface area contributed by atoms with E-state index in [2.05, 4.69) is 20.3 Å². The fourth-order valence-electron chi connectivity index (χ4n) is 2.42. The Labute approximate surface area is 172 Å². The van der Waals surface area contributed by atoms with Crippen LogP contribution in [0.25, 0.3) is 11.3 Å². The maximum Gasteiger partial charge on any atom is 0.251 e. The molecule has 0 bridgehead atoms. The van der Waals surface area contributed by atoms with Gasteiger partial charge in [-0.1, -0.05) is 36.4 Å². The third-order valence-electron chi connectivity index (χ3n) is 3.90. The van der Waals surface area contributed by atoms with Gasteiger partial charge in [0, 0.05) is 16.5 Å². The predicted octanol–water partition coefficient (Wildman–Crippen LogP) is 2.09. The van der Waals surface area contributed by atoms with Crippen LogP contribution >= 0.6 is 11.3 Å². The second-order valence-electron chi connectivity index (χ2n) is 5.87. The molecule has 10 heteroatoms. The predicted molar refractivity (Wildman–Crippen MR) is 111 cm³/mol. The van der Waals surface area contributed by atoms with E-state index >= 15 is 0 Å². The normalized spacial score (nSPS) is 11.1. The summed E-state index contributed by atoms with van der Waals surface area (Å²) < 4.78 is 25.9. The van der Waals surface area contributed by atoms with Crippen LogP contribution in [-0.4, -0.2) is 38.8 Å². The molecular weight excluding hydrogens is 412 g/mol. The van der Waals surface area contributed by atoms with Gasteiger partial charge in [0.05, 0.1) is 17.1 Å². The van der Waals surface area contributed by atoms with Gasteiger partial charge in [-0.05, 0) is 25.2 Å². The summed E-state index contributed by atoms with van der Waals surface area (Å²) in [5, 5.41) is 7.35. The molecule has 1 heterocycles. The first-order chi connectivity index (χ1) is 13.9. The lowest BCUT2D eigenvalue weighted by Crippen LogP contribution is -2.33. The van der Waals surface area contributed by atoms with E-state index in [0.717, 1.165) is 11.3 Å². The zero-order valence-corrected chi connectivity index (χ0v) is 17.0. The molecule has 3 rings (SSSR count). The molecule has 0 saturated heterocycles. The molecule has 2 aromatic carbocycles. The number of sulfonamides is 1. The highest BCUT2D eigenvalue weighted by molar-refractivity contribution is 7.89. The van der Waals surface area contributed by atoms with Crippen LogP contribution in [0.1, 0.15) is 10.4 Å². The summed E-state index contributed by atoms with van der Waals surface area (Å²) in [6, 6.07) is 15.1. The number of aromatic nitrogens is 1. The van der Waals surface area contributed by atoms with Crippen molar-refractivity contribution in [3.05, 3.63) is 65.5 Å². The van der Waals surface area contributed by atoms with E-state index < -0.39 is 21.8 Å². The molecule has 0 aliphatic rings. The van der Waals surface area contributed by atoms with Crippen LogP contribution in [0.4, 0.5) is 5.13 Å². The minimum absolute atomic E-state index is 0.0340. The second kappa shape index (κ2) is 8.95. The molecule has 150 valence electrons. The van der Waals surface area contributed by atoms with Crippen molar-refractivity contribution in [1.82, 2.24) is 15.0 Å². The average molecular weight is 431 g/mol. The number of thiazole rings is 1. The Morgan fingerprint density at radius 1 is 1.07 bits per heavy atom. The number of rotatable bonds is 7. The number of benzene rings is 2. The fourth-order valence-corrected chi connectivity index (χ4v) is 3.93. The molecule has 0 spiro atoms. The fraction of sp³-hybridized carbons (Fsp3) is 0.105. The van der Waals surface area contributed by atoms with Crippen LogP contribution in [0, 0.1) is 0 Å². The number of carbonyl (C=O) groups excluding carboxylic acids is 2. The second-order valence-corrected chi connectivity index (χ2v) is 8.61. The number of carbonyl (C=O) groups is 2. The lowest BCUT2D eigenvalue weighted by molar-refractivity contribution is -0.115. The molecule has 8 nitrogen and oxygen atoms in total. The monoisotopic (exact) mass is 430 g/mol. The smallest absolute Gasteiger partial charge is 0.251 e. The molecule has 0 fully saturated rings. The number of nitrogens with zero attached hydrogens (tertiary/aromatic N) is 1. The summed E-state index contributed by atoms with van der Waals surface area (Å²) in [7, 11) is -2.38. The minimum Gasteiger partial charge on any atom is -0.343 e. The maximum absolute atomic E-state index is 12.2. The number of hydrogen-bond acceptors (Lipinski definition) is 6. The molecule has 3 N–H and O–H groups in total. The van der Waals surface area contributed by atoms with Crippen molar-refractivity contribution in [3.63, 3.8) is 0 Å². The van der Waals surface area contributed by atoms with Crippen LogP contribution in [0.15, 0.2) is 64.9 Å². The zero-order valence-electron chi connectivity index (χ0n) is 15.4. The summed E-state index contributed by atoms with van der Waals surface area (Å²) in [6.07, 6.45) is 0. The number of amides is 2. The van der Waals surface area contributed by atoms with Crippen LogP contribution in [-0.2, 0) is 14.8 Å². The van der Waals surface area contributed by atoms with Gasteiger partial charge in [0.1, 0.15) is 0 Å². The van der Waals surface area contributed by atoms with Gasteiger partial charge in [-0.2, -0.15) is 0 Å². The van der Waals surface area contributed by atoms with Gasteiger partial charge in [0.2, 0.25) is 15.9 Å². The van der Waals surface area contributed by atoms with Crippen molar-refractivity contribution in [1.29, 1.82) is 0 Å². The van der Waals surface area contributed by atoms with Crippen LogP contribution in [0.2, 0.25) is 0 Å². The molecule has 0 unspecified atom stereocenters. The molecule has 0 saturated carbocycles. The van der Waals surface area contributed by atoms with Crippen LogP contribution in [0.5, 0.6) is 0 Å². The Hall–Kier alpha value is -3.08. The molecule has 29 heavy (non-hydrogen) atoms. The van der Waals surface area contributed by atoms with E-state index in [4.69, 9.17) is 0 Å². The van der Waals surface area contributed by atoms with E-state index in [0.29, 0.717) is 5.13 Å². The standard InChI is InChI=1S/C19H18N4O4S2/c1-20-29(26,27)15-9-5-8-14(10-15)18(25)21-11-17(24)23-19-22-16(12-28-19)13-6-3-2-4-7-13/h2-10,12,20H,11H2,1H3,(H,21,25)(H,22,23,24). The highest BCUT2D eigenvalue weighted by Gasteiger charge is 2.15. The molecule has 1 aromatic heterocycles. The number of anilines is 1. The Bertz CT molecular complexity index is 1130. The summed E-state index contributed by atoms with van der Waals surface area (Å²) in [5.41, 5.74) is 1.82. The first-order valence-electron chi connectivity index (χ1n) is 8.51. The molecular formula is C19H18N4O4S2. The first-order valence-corrected chi connectivity index (χ1v) is 10.9. The third kappa shape index (κ3) is 5.25.